The molecule has 0 aliphatic heterocycles. The average molecular weight is 174 g/mol. The molecule has 0 fully saturated rings. The summed E-state index contributed by atoms with van der Waals surface area (Å²) in [7, 11) is 0. The Bertz CT molecular complexity index is 322. The smallest absolute Gasteiger partial charge is 0.0927 e. The van der Waals surface area contributed by atoms with Crippen LogP contribution in [0, 0.1) is 25.2 Å². The van der Waals surface area contributed by atoms with Gasteiger partial charge in [0.25, 0.3) is 0 Å². The Balaban J connectivity index is 2.96. The van der Waals surface area contributed by atoms with Crippen LogP contribution in [0.2, 0.25) is 0 Å². The molecule has 0 saturated carbocycles. The third-order valence-electron chi connectivity index (χ3n) is 2.24. The van der Waals surface area contributed by atoms with Crippen LogP contribution in [0.15, 0.2) is 24.3 Å². The van der Waals surface area contributed by atoms with E-state index in [-0.39, 0.29) is 5.92 Å². The predicted octanol–water partition coefficient (Wildman–Crippen LogP) is 2.30. The van der Waals surface area contributed by atoms with Crippen molar-refractivity contribution in [1.29, 1.82) is 0 Å². The summed E-state index contributed by atoms with van der Waals surface area (Å²) in [5.41, 5.74) is 2.00. The van der Waals surface area contributed by atoms with Crippen molar-refractivity contribution in [2.45, 2.75) is 20.0 Å². The Kier molecular flexibility index (Phi) is 3.11. The van der Waals surface area contributed by atoms with Crippen molar-refractivity contribution in [2.75, 3.05) is 0 Å². The van der Waals surface area contributed by atoms with Crippen molar-refractivity contribution in [2.24, 2.45) is 5.92 Å². The van der Waals surface area contributed by atoms with Gasteiger partial charge in [-0.3, -0.25) is 0 Å². The molecule has 0 bridgehead atoms. The van der Waals surface area contributed by atoms with E-state index in [0.717, 1.165) is 11.1 Å². The van der Waals surface area contributed by atoms with Crippen LogP contribution in [0.4, 0.5) is 0 Å². The van der Waals surface area contributed by atoms with Gasteiger partial charge in [-0.2, -0.15) is 0 Å². The first-order valence-electron chi connectivity index (χ1n) is 4.36. The van der Waals surface area contributed by atoms with Gasteiger partial charge in [-0.1, -0.05) is 24.3 Å². The fraction of sp³-hybridized carbons (Fsp3) is 0.333. The minimum atomic E-state index is -0.550. The fourth-order valence-corrected chi connectivity index (χ4v) is 1.28. The molecule has 0 saturated heterocycles. The molecule has 0 radical (unpaired) electrons. The lowest BCUT2D eigenvalue weighted by atomic mass is 9.95. The molecular weight excluding hydrogens is 160 g/mol. The molecule has 1 aromatic carbocycles. The number of benzene rings is 1. The highest BCUT2D eigenvalue weighted by atomic mass is 16.3. The zero-order valence-electron chi connectivity index (χ0n) is 7.99. The van der Waals surface area contributed by atoms with Gasteiger partial charge in [0.2, 0.25) is 0 Å². The average Bonchev–Trinajstić information content (AvgIpc) is 2.16. The van der Waals surface area contributed by atoms with Crippen LogP contribution in [0.5, 0.6) is 0 Å². The highest BCUT2D eigenvalue weighted by Crippen LogP contribution is 2.23. The second kappa shape index (κ2) is 4.11. The largest absolute Gasteiger partial charge is 0.387 e. The first kappa shape index (κ1) is 9.83. The van der Waals surface area contributed by atoms with Crippen LogP contribution in [-0.2, 0) is 0 Å². The van der Waals surface area contributed by atoms with Gasteiger partial charge < -0.3 is 5.11 Å². The van der Waals surface area contributed by atoms with Crippen molar-refractivity contribution in [1.82, 2.24) is 0 Å². The first-order valence-corrected chi connectivity index (χ1v) is 4.36. The van der Waals surface area contributed by atoms with Crippen LogP contribution in [0.1, 0.15) is 24.2 Å². The molecule has 1 heteroatoms. The molecule has 0 aromatic heterocycles. The SMILES string of the molecule is C#CC(C)C(O)c1ccccc1C. The number of hydrogen-bond donors (Lipinski definition) is 1. The van der Waals surface area contributed by atoms with E-state index in [1.165, 1.54) is 0 Å². The number of aliphatic hydroxyl groups is 1. The third kappa shape index (κ3) is 2.11. The topological polar surface area (TPSA) is 20.2 Å². The molecule has 1 N–H and O–H groups in total. The zero-order valence-corrected chi connectivity index (χ0v) is 7.99. The molecule has 0 aliphatic rings. The summed E-state index contributed by atoms with van der Waals surface area (Å²) in [5, 5.41) is 9.83. The maximum atomic E-state index is 9.83. The molecule has 68 valence electrons. The summed E-state index contributed by atoms with van der Waals surface area (Å²) >= 11 is 0. The quantitative estimate of drug-likeness (QED) is 0.682. The molecule has 0 aliphatic carbocycles. The van der Waals surface area contributed by atoms with Crippen molar-refractivity contribution in [3.63, 3.8) is 0 Å². The second-order valence-corrected chi connectivity index (χ2v) is 3.26. The van der Waals surface area contributed by atoms with E-state index in [1.807, 2.05) is 38.1 Å². The summed E-state index contributed by atoms with van der Waals surface area (Å²) in [6.45, 7) is 3.82. The lowest BCUT2D eigenvalue weighted by molar-refractivity contribution is 0.143. The lowest BCUT2D eigenvalue weighted by Gasteiger charge is -2.16. The van der Waals surface area contributed by atoms with E-state index >= 15 is 0 Å². The van der Waals surface area contributed by atoms with Gasteiger partial charge in [0, 0.05) is 5.92 Å². The van der Waals surface area contributed by atoms with Gasteiger partial charge >= 0.3 is 0 Å². The van der Waals surface area contributed by atoms with Crippen molar-refractivity contribution in [3.05, 3.63) is 35.4 Å². The molecular formula is C12H14O. The number of terminal acetylenes is 1. The van der Waals surface area contributed by atoms with E-state index < -0.39 is 6.10 Å². The van der Waals surface area contributed by atoms with Gasteiger partial charge in [-0.05, 0) is 25.0 Å². The molecule has 13 heavy (non-hydrogen) atoms. The number of aliphatic hydroxyl groups excluding tert-OH is 1. The summed E-state index contributed by atoms with van der Waals surface area (Å²) in [6, 6.07) is 7.75. The van der Waals surface area contributed by atoms with Crippen LogP contribution in [0.25, 0.3) is 0 Å². The minimum Gasteiger partial charge on any atom is -0.387 e. The molecule has 1 nitrogen and oxygen atoms in total. The van der Waals surface area contributed by atoms with Crippen molar-refractivity contribution in [3.8, 4) is 12.3 Å². The van der Waals surface area contributed by atoms with Crippen LogP contribution in [0.3, 0.4) is 0 Å². The molecule has 1 rings (SSSR count). The molecule has 0 amide bonds. The zero-order chi connectivity index (χ0) is 9.84. The summed E-state index contributed by atoms with van der Waals surface area (Å²) in [6.07, 6.45) is 4.70. The fourth-order valence-electron chi connectivity index (χ4n) is 1.28. The van der Waals surface area contributed by atoms with E-state index in [4.69, 9.17) is 6.42 Å². The van der Waals surface area contributed by atoms with Gasteiger partial charge in [-0.25, -0.2) is 0 Å². The highest BCUT2D eigenvalue weighted by Gasteiger charge is 2.15. The summed E-state index contributed by atoms with van der Waals surface area (Å²) < 4.78 is 0. The Morgan fingerprint density at radius 2 is 2.00 bits per heavy atom. The predicted molar refractivity (Wildman–Crippen MR) is 54.1 cm³/mol. The standard InChI is InChI=1S/C12H14O/c1-4-9(2)12(13)11-8-6-5-7-10(11)3/h1,5-9,12-13H,2-3H3. The second-order valence-electron chi connectivity index (χ2n) is 3.26. The number of rotatable bonds is 2. The summed E-state index contributed by atoms with van der Waals surface area (Å²) in [4.78, 5) is 0. The van der Waals surface area contributed by atoms with E-state index in [9.17, 15) is 5.11 Å². The molecule has 2 atom stereocenters. The number of aryl methyl sites for hydroxylation is 1. The molecule has 0 spiro atoms. The Labute approximate surface area is 79.4 Å². The van der Waals surface area contributed by atoms with Crippen LogP contribution >= 0.6 is 0 Å². The monoisotopic (exact) mass is 174 g/mol. The minimum absolute atomic E-state index is 0.138. The van der Waals surface area contributed by atoms with Crippen LogP contribution < -0.4 is 0 Å². The Hall–Kier alpha value is -1.26. The van der Waals surface area contributed by atoms with Gasteiger partial charge in [-0.15, -0.1) is 12.3 Å². The first-order chi connectivity index (χ1) is 6.16. The van der Waals surface area contributed by atoms with E-state index in [0.29, 0.717) is 0 Å². The maximum Gasteiger partial charge on any atom is 0.0927 e. The number of hydrogen-bond acceptors (Lipinski definition) is 1. The van der Waals surface area contributed by atoms with E-state index in [1.54, 1.807) is 0 Å². The van der Waals surface area contributed by atoms with Gasteiger partial charge in [0.05, 0.1) is 6.10 Å². The molecule has 2 unspecified atom stereocenters. The Morgan fingerprint density at radius 3 is 2.54 bits per heavy atom. The van der Waals surface area contributed by atoms with Crippen molar-refractivity contribution >= 4 is 0 Å². The lowest BCUT2D eigenvalue weighted by Crippen LogP contribution is -2.08. The maximum absolute atomic E-state index is 9.83. The van der Waals surface area contributed by atoms with E-state index in [2.05, 4.69) is 5.92 Å². The van der Waals surface area contributed by atoms with Gasteiger partial charge in [0.1, 0.15) is 0 Å². The van der Waals surface area contributed by atoms with Crippen molar-refractivity contribution < 1.29 is 5.11 Å². The molecule has 0 heterocycles. The molecule has 1 aromatic rings. The highest BCUT2D eigenvalue weighted by molar-refractivity contribution is 5.29. The third-order valence-corrected chi connectivity index (χ3v) is 2.24. The van der Waals surface area contributed by atoms with Crippen LogP contribution in [-0.4, -0.2) is 5.11 Å². The Morgan fingerprint density at radius 1 is 1.38 bits per heavy atom. The van der Waals surface area contributed by atoms with Gasteiger partial charge in [0.15, 0.2) is 0 Å². The summed E-state index contributed by atoms with van der Waals surface area (Å²) in [5.74, 6) is 2.40. The normalized spacial score (nSPS) is 14.6.